The fourth-order valence-corrected chi connectivity index (χ4v) is 3.79. The van der Waals surface area contributed by atoms with Crippen LogP contribution in [0.1, 0.15) is 36.5 Å². The third kappa shape index (κ3) is 3.37. The molecule has 4 nitrogen and oxygen atoms in total. The van der Waals surface area contributed by atoms with Crippen LogP contribution in [-0.4, -0.2) is 28.6 Å². The number of nitrogens with zero attached hydrogens (tertiary/aromatic N) is 2. The van der Waals surface area contributed by atoms with Gasteiger partial charge in [0.05, 0.1) is 22.5 Å². The summed E-state index contributed by atoms with van der Waals surface area (Å²) in [4.78, 5) is 18.5. The highest BCUT2D eigenvalue weighted by atomic mass is 19.1. The van der Waals surface area contributed by atoms with Crippen molar-refractivity contribution in [2.75, 3.05) is 11.4 Å². The molecule has 1 saturated heterocycles. The molecule has 3 aromatic rings. The highest BCUT2D eigenvalue weighted by molar-refractivity contribution is 5.96. The molecule has 1 atom stereocenters. The quantitative estimate of drug-likeness (QED) is 0.701. The fraction of sp³-hybridized carbons (Fsp3) is 0.273. The molecule has 1 fully saturated rings. The molecule has 1 N–H and O–H groups in total. The first kappa shape index (κ1) is 17.5. The average molecular weight is 364 g/mol. The molecule has 1 aromatic heterocycles. The van der Waals surface area contributed by atoms with Gasteiger partial charge in [0.25, 0.3) is 0 Å². The zero-order chi connectivity index (χ0) is 19.0. The van der Waals surface area contributed by atoms with Crippen molar-refractivity contribution >= 4 is 22.6 Å². The molecule has 138 valence electrons. The number of hydrogen-bond donors (Lipinski definition) is 1. The molecule has 1 aliphatic heterocycles. The van der Waals surface area contributed by atoms with E-state index in [0.717, 1.165) is 47.2 Å². The molecule has 5 heteroatoms. The van der Waals surface area contributed by atoms with Crippen molar-refractivity contribution in [2.45, 2.75) is 32.2 Å². The molecular formula is C22H21FN2O2. The maximum absolute atomic E-state index is 13.4. The number of piperidine rings is 1. The van der Waals surface area contributed by atoms with Gasteiger partial charge in [-0.3, -0.25) is 0 Å². The first-order chi connectivity index (χ1) is 13.0. The highest BCUT2D eigenvalue weighted by Gasteiger charge is 2.23. The summed E-state index contributed by atoms with van der Waals surface area (Å²) >= 11 is 0. The van der Waals surface area contributed by atoms with Crippen LogP contribution in [0.5, 0.6) is 0 Å². The summed E-state index contributed by atoms with van der Waals surface area (Å²) in [6.45, 7) is 3.13. The molecule has 27 heavy (non-hydrogen) atoms. The van der Waals surface area contributed by atoms with Gasteiger partial charge < -0.3 is 10.0 Å². The van der Waals surface area contributed by atoms with E-state index in [1.165, 1.54) is 18.6 Å². The van der Waals surface area contributed by atoms with Crippen LogP contribution in [0.25, 0.3) is 22.2 Å². The van der Waals surface area contributed by atoms with Crippen molar-refractivity contribution in [1.82, 2.24) is 4.98 Å². The smallest absolute Gasteiger partial charge is 0.335 e. The Morgan fingerprint density at radius 1 is 1.15 bits per heavy atom. The van der Waals surface area contributed by atoms with E-state index >= 15 is 0 Å². The second-order valence-electron chi connectivity index (χ2n) is 7.11. The summed E-state index contributed by atoms with van der Waals surface area (Å²) in [5, 5.41) is 10.1. The predicted octanol–water partition coefficient (Wildman–Crippen LogP) is 5.12. The minimum absolute atomic E-state index is 0.247. The average Bonchev–Trinajstić information content (AvgIpc) is 2.67. The lowest BCUT2D eigenvalue weighted by atomic mass is 9.99. The van der Waals surface area contributed by atoms with Gasteiger partial charge in [0.1, 0.15) is 5.82 Å². The Balaban J connectivity index is 1.93. The van der Waals surface area contributed by atoms with Crippen LogP contribution in [0.4, 0.5) is 10.1 Å². The molecule has 0 spiro atoms. The van der Waals surface area contributed by atoms with Crippen molar-refractivity contribution in [3.8, 4) is 11.3 Å². The van der Waals surface area contributed by atoms with Crippen molar-refractivity contribution in [3.05, 3.63) is 59.9 Å². The van der Waals surface area contributed by atoms with Gasteiger partial charge >= 0.3 is 5.97 Å². The Labute approximate surface area is 157 Å². The maximum atomic E-state index is 13.4. The van der Waals surface area contributed by atoms with E-state index in [-0.39, 0.29) is 11.4 Å². The van der Waals surface area contributed by atoms with Crippen molar-refractivity contribution in [1.29, 1.82) is 0 Å². The van der Waals surface area contributed by atoms with E-state index in [0.29, 0.717) is 6.04 Å². The number of hydrogen-bond acceptors (Lipinski definition) is 3. The zero-order valence-corrected chi connectivity index (χ0v) is 15.2. The lowest BCUT2D eigenvalue weighted by molar-refractivity contribution is 0.0697. The molecule has 1 aliphatic rings. The van der Waals surface area contributed by atoms with Gasteiger partial charge in [-0.25, -0.2) is 14.2 Å². The zero-order valence-electron chi connectivity index (χ0n) is 15.2. The molecule has 2 aromatic carbocycles. The number of pyridine rings is 1. The third-order valence-electron chi connectivity index (χ3n) is 5.27. The van der Waals surface area contributed by atoms with Crippen molar-refractivity contribution in [2.24, 2.45) is 0 Å². The molecule has 0 unspecified atom stereocenters. The standard InChI is InChI=1S/C22H21FN2O2/c1-14-4-2-3-11-25(14)20-13-17-12-16(22(26)27)7-10-19(17)24-21(20)15-5-8-18(23)9-6-15/h5-10,12-14H,2-4,11H2,1H3,(H,26,27)/t14-/m1/s1. The number of rotatable bonds is 3. The number of carboxylic acid groups (broad SMARTS) is 1. The van der Waals surface area contributed by atoms with E-state index in [1.807, 2.05) is 6.07 Å². The van der Waals surface area contributed by atoms with Gasteiger partial charge in [0.2, 0.25) is 0 Å². The summed E-state index contributed by atoms with van der Waals surface area (Å²) in [7, 11) is 0. The van der Waals surface area contributed by atoms with E-state index in [9.17, 15) is 14.3 Å². The number of aromatic carboxylic acids is 1. The molecule has 0 bridgehead atoms. The topological polar surface area (TPSA) is 53.4 Å². The van der Waals surface area contributed by atoms with Gasteiger partial charge in [0, 0.05) is 23.5 Å². The molecule has 2 heterocycles. The summed E-state index contributed by atoms with van der Waals surface area (Å²) in [6, 6.07) is 13.7. The van der Waals surface area contributed by atoms with Crippen LogP contribution in [0.15, 0.2) is 48.5 Å². The minimum atomic E-state index is -0.951. The molecule has 0 saturated carbocycles. The van der Waals surface area contributed by atoms with Crippen LogP contribution in [0, 0.1) is 5.82 Å². The lowest BCUT2D eigenvalue weighted by Gasteiger charge is -2.36. The molecule has 4 rings (SSSR count). The second-order valence-corrected chi connectivity index (χ2v) is 7.11. The molecular weight excluding hydrogens is 343 g/mol. The molecule has 0 aliphatic carbocycles. The van der Waals surface area contributed by atoms with Gasteiger partial charge in [0.15, 0.2) is 0 Å². The highest BCUT2D eigenvalue weighted by Crippen LogP contribution is 2.36. The second kappa shape index (κ2) is 6.99. The largest absolute Gasteiger partial charge is 0.478 e. The molecule has 0 radical (unpaired) electrons. The van der Waals surface area contributed by atoms with Crippen LogP contribution in [0.2, 0.25) is 0 Å². The summed E-state index contributed by atoms with van der Waals surface area (Å²) in [5.41, 5.74) is 3.61. The number of carbonyl (C=O) groups is 1. The number of benzene rings is 2. The van der Waals surface area contributed by atoms with E-state index in [4.69, 9.17) is 4.98 Å². The van der Waals surface area contributed by atoms with Crippen LogP contribution in [0.3, 0.4) is 0 Å². The Morgan fingerprint density at radius 3 is 2.63 bits per heavy atom. The number of fused-ring (bicyclic) bond motifs is 1. The Hall–Kier alpha value is -2.95. The van der Waals surface area contributed by atoms with Crippen LogP contribution in [-0.2, 0) is 0 Å². The number of aromatic nitrogens is 1. The minimum Gasteiger partial charge on any atom is -0.478 e. The SMILES string of the molecule is C[C@@H]1CCCCN1c1cc2cc(C(=O)O)ccc2nc1-c1ccc(F)cc1. The number of anilines is 1. The van der Waals surface area contributed by atoms with Crippen LogP contribution >= 0.6 is 0 Å². The first-order valence-corrected chi connectivity index (χ1v) is 9.23. The summed E-state index contributed by atoms with van der Waals surface area (Å²) in [6.07, 6.45) is 3.42. The fourth-order valence-electron chi connectivity index (χ4n) is 3.79. The Bertz CT molecular complexity index is 1000. The Kier molecular flexibility index (Phi) is 4.52. The lowest BCUT2D eigenvalue weighted by Crippen LogP contribution is -2.37. The van der Waals surface area contributed by atoms with Gasteiger partial charge in [-0.15, -0.1) is 0 Å². The Morgan fingerprint density at radius 2 is 1.93 bits per heavy atom. The van der Waals surface area contributed by atoms with Crippen LogP contribution < -0.4 is 4.90 Å². The van der Waals surface area contributed by atoms with Crippen molar-refractivity contribution in [3.63, 3.8) is 0 Å². The predicted molar refractivity (Wildman–Crippen MR) is 105 cm³/mol. The van der Waals surface area contributed by atoms with E-state index in [1.54, 1.807) is 30.3 Å². The van der Waals surface area contributed by atoms with Gasteiger partial charge in [-0.1, -0.05) is 0 Å². The first-order valence-electron chi connectivity index (χ1n) is 9.23. The van der Waals surface area contributed by atoms with E-state index in [2.05, 4.69) is 11.8 Å². The number of halogens is 1. The van der Waals surface area contributed by atoms with Gasteiger partial charge in [-0.05, 0) is 74.7 Å². The normalized spacial score (nSPS) is 17.3. The monoisotopic (exact) mass is 364 g/mol. The molecule has 0 amide bonds. The summed E-state index contributed by atoms with van der Waals surface area (Å²) in [5.74, 6) is -1.23. The number of carboxylic acids is 1. The van der Waals surface area contributed by atoms with Crippen molar-refractivity contribution < 1.29 is 14.3 Å². The third-order valence-corrected chi connectivity index (χ3v) is 5.27. The maximum Gasteiger partial charge on any atom is 0.335 e. The van der Waals surface area contributed by atoms with Gasteiger partial charge in [-0.2, -0.15) is 0 Å². The van der Waals surface area contributed by atoms with E-state index < -0.39 is 5.97 Å². The summed E-state index contributed by atoms with van der Waals surface area (Å²) < 4.78 is 13.4.